The zero-order valence-electron chi connectivity index (χ0n) is 26.6. The van der Waals surface area contributed by atoms with Gasteiger partial charge in [-0.05, 0) is 79.6 Å². The van der Waals surface area contributed by atoms with Crippen LogP contribution in [-0.4, -0.2) is 32.3 Å². The molecule has 0 radical (unpaired) electrons. The van der Waals surface area contributed by atoms with Crippen molar-refractivity contribution >= 4 is 62.9 Å². The Morgan fingerprint density at radius 2 is 1.56 bits per heavy atom. The molecule has 5 aromatic rings. The minimum Gasteiger partial charge on any atom is -0.321 e. The molecule has 0 fully saturated rings. The van der Waals surface area contributed by atoms with Crippen LogP contribution in [0, 0.1) is 6.92 Å². The van der Waals surface area contributed by atoms with E-state index in [2.05, 4.69) is 31.9 Å². The predicted molar refractivity (Wildman–Crippen MR) is 195 cm³/mol. The summed E-state index contributed by atoms with van der Waals surface area (Å²) < 4.78 is 4.07. The Morgan fingerprint density at radius 3 is 2.25 bits per heavy atom. The second kappa shape index (κ2) is 15.6. The third kappa shape index (κ3) is 8.23. The lowest BCUT2D eigenvalue weighted by atomic mass is 10.1. The first-order chi connectivity index (χ1) is 23.1. The van der Waals surface area contributed by atoms with Gasteiger partial charge < -0.3 is 16.0 Å². The summed E-state index contributed by atoms with van der Waals surface area (Å²) in [7, 11) is 1.78. The number of aromatic nitrogens is 2. The zero-order chi connectivity index (χ0) is 34.2. The van der Waals surface area contributed by atoms with Gasteiger partial charge in [0.15, 0.2) is 0 Å². The van der Waals surface area contributed by atoms with E-state index < -0.39 is 17.1 Å². The van der Waals surface area contributed by atoms with Crippen molar-refractivity contribution in [1.29, 1.82) is 0 Å². The van der Waals surface area contributed by atoms with Crippen LogP contribution in [0.1, 0.15) is 35.0 Å². The number of para-hydroxylation sites is 1. The van der Waals surface area contributed by atoms with Crippen molar-refractivity contribution in [3.05, 3.63) is 147 Å². The molecule has 11 heteroatoms. The van der Waals surface area contributed by atoms with Gasteiger partial charge in [-0.2, -0.15) is 0 Å². The molecule has 244 valence electrons. The van der Waals surface area contributed by atoms with E-state index in [9.17, 15) is 19.2 Å². The van der Waals surface area contributed by atoms with Crippen LogP contribution < -0.4 is 21.5 Å². The van der Waals surface area contributed by atoms with Crippen LogP contribution >= 0.6 is 27.7 Å². The van der Waals surface area contributed by atoms with Gasteiger partial charge in [-0.3, -0.25) is 23.9 Å². The van der Waals surface area contributed by atoms with Gasteiger partial charge in [0, 0.05) is 27.7 Å². The van der Waals surface area contributed by atoms with Crippen LogP contribution in [0.2, 0.25) is 0 Å². The van der Waals surface area contributed by atoms with E-state index in [1.165, 1.54) is 16.4 Å². The van der Waals surface area contributed by atoms with Gasteiger partial charge in [0.2, 0.25) is 5.91 Å². The van der Waals surface area contributed by atoms with E-state index in [4.69, 9.17) is 0 Å². The van der Waals surface area contributed by atoms with E-state index >= 15 is 0 Å². The Bertz CT molecular complexity index is 2040. The molecule has 0 bridgehead atoms. The molecule has 48 heavy (non-hydrogen) atoms. The highest BCUT2D eigenvalue weighted by Gasteiger charge is 2.24. The number of nitrogens with one attached hydrogen (secondary N) is 3. The molecule has 0 spiro atoms. The molecule has 1 unspecified atom stereocenters. The smallest absolute Gasteiger partial charge is 0.295 e. The number of anilines is 2. The van der Waals surface area contributed by atoms with E-state index in [-0.39, 0.29) is 22.9 Å². The van der Waals surface area contributed by atoms with Gasteiger partial charge in [-0.1, -0.05) is 77.5 Å². The third-order valence-electron chi connectivity index (χ3n) is 7.52. The maximum Gasteiger partial charge on any atom is 0.295 e. The number of carbonyl (C=O) groups excluding carboxylic acids is 3. The lowest BCUT2D eigenvalue weighted by Crippen LogP contribution is -2.30. The van der Waals surface area contributed by atoms with Crippen molar-refractivity contribution in [3.8, 4) is 5.69 Å². The highest BCUT2D eigenvalue weighted by atomic mass is 79.9. The summed E-state index contributed by atoms with van der Waals surface area (Å²) in [4.78, 5) is 54.1. The first kappa shape index (κ1) is 34.2. The van der Waals surface area contributed by atoms with Crippen molar-refractivity contribution < 1.29 is 14.4 Å². The molecule has 0 saturated carbocycles. The maximum atomic E-state index is 13.6. The topological polar surface area (TPSA) is 114 Å². The molecule has 0 aliphatic carbocycles. The van der Waals surface area contributed by atoms with Crippen molar-refractivity contribution in [3.63, 3.8) is 0 Å². The Balaban J connectivity index is 1.32. The SMILES string of the molecule is CCC(Sc1cccc(NC(=O)/C(=C\c2cccc(Br)c2)NC(=O)c2ccccc2)c1)C(=O)Nc1c(C)n(C)n(-c2ccccc2)c1=O. The first-order valence-corrected chi connectivity index (χ1v) is 16.9. The summed E-state index contributed by atoms with van der Waals surface area (Å²) in [6, 6.07) is 32.4. The molecule has 5 rings (SSSR count). The van der Waals surface area contributed by atoms with Crippen molar-refractivity contribution in [2.75, 3.05) is 10.6 Å². The van der Waals surface area contributed by atoms with Gasteiger partial charge in [0.25, 0.3) is 17.4 Å². The van der Waals surface area contributed by atoms with E-state index in [1.807, 2.05) is 73.7 Å². The average molecular weight is 725 g/mol. The number of benzene rings is 4. The molecule has 3 N–H and O–H groups in total. The second-order valence-corrected chi connectivity index (χ2v) is 13.0. The van der Waals surface area contributed by atoms with E-state index in [1.54, 1.807) is 67.2 Å². The van der Waals surface area contributed by atoms with Crippen LogP contribution in [0.15, 0.2) is 129 Å². The number of thioether (sulfide) groups is 1. The van der Waals surface area contributed by atoms with E-state index in [0.717, 1.165) is 9.37 Å². The standard InChI is InChI=1S/C37H34BrN5O4S/c1-4-32(36(46)41-33-24(2)42(3)43(37(33)47)29-18-9-6-10-19-29)48-30-20-12-17-28(23-30)39-35(45)31(22-25-13-11-16-27(38)21-25)40-34(44)26-14-7-5-8-15-26/h5-23,32H,4H2,1-3H3,(H,39,45)(H,40,44)(H,41,46)/b31-22+. The fourth-order valence-electron chi connectivity index (χ4n) is 4.95. The highest BCUT2D eigenvalue weighted by molar-refractivity contribution is 9.10. The predicted octanol–water partition coefficient (Wildman–Crippen LogP) is 7.17. The van der Waals surface area contributed by atoms with Gasteiger partial charge in [-0.25, -0.2) is 4.68 Å². The van der Waals surface area contributed by atoms with Gasteiger partial charge in [0.1, 0.15) is 11.4 Å². The van der Waals surface area contributed by atoms with Crippen molar-refractivity contribution in [2.24, 2.45) is 7.05 Å². The molecule has 1 atom stereocenters. The fourth-order valence-corrected chi connectivity index (χ4v) is 6.38. The number of rotatable bonds is 11. The summed E-state index contributed by atoms with van der Waals surface area (Å²) in [5.41, 5.74) is 2.92. The molecule has 0 aliphatic heterocycles. The lowest BCUT2D eigenvalue weighted by Gasteiger charge is -2.15. The molecule has 4 aromatic carbocycles. The van der Waals surface area contributed by atoms with Crippen LogP contribution in [0.25, 0.3) is 11.8 Å². The summed E-state index contributed by atoms with van der Waals surface area (Å²) in [5.74, 6) is -1.23. The largest absolute Gasteiger partial charge is 0.321 e. The van der Waals surface area contributed by atoms with Gasteiger partial charge >= 0.3 is 0 Å². The van der Waals surface area contributed by atoms with Gasteiger partial charge in [-0.15, -0.1) is 11.8 Å². The lowest BCUT2D eigenvalue weighted by molar-refractivity contribution is -0.116. The normalized spacial score (nSPS) is 11.9. The molecule has 3 amide bonds. The summed E-state index contributed by atoms with van der Waals surface area (Å²) in [6.45, 7) is 3.69. The molecule has 0 aliphatic rings. The molecule has 1 heterocycles. The van der Waals surface area contributed by atoms with Crippen molar-refractivity contribution in [2.45, 2.75) is 30.4 Å². The minimum atomic E-state index is -0.516. The summed E-state index contributed by atoms with van der Waals surface area (Å²) >= 11 is 4.78. The Labute approximate surface area is 291 Å². The molecule has 9 nitrogen and oxygen atoms in total. The quantitative estimate of drug-likeness (QED) is 0.0989. The highest BCUT2D eigenvalue weighted by Crippen LogP contribution is 2.29. The average Bonchev–Trinajstić information content (AvgIpc) is 3.30. The van der Waals surface area contributed by atoms with Crippen LogP contribution in [-0.2, 0) is 16.6 Å². The van der Waals surface area contributed by atoms with Crippen LogP contribution in [0.4, 0.5) is 11.4 Å². The molecular weight excluding hydrogens is 690 g/mol. The molecule has 0 saturated heterocycles. The first-order valence-electron chi connectivity index (χ1n) is 15.2. The monoisotopic (exact) mass is 723 g/mol. The minimum absolute atomic E-state index is 0.0604. The number of hydrogen-bond donors (Lipinski definition) is 3. The number of nitrogens with zero attached hydrogens (tertiary/aromatic N) is 2. The number of halogens is 1. The fraction of sp³-hybridized carbons (Fsp3) is 0.135. The van der Waals surface area contributed by atoms with Gasteiger partial charge in [0.05, 0.1) is 16.6 Å². The number of amides is 3. The number of hydrogen-bond acceptors (Lipinski definition) is 5. The van der Waals surface area contributed by atoms with Crippen molar-refractivity contribution in [1.82, 2.24) is 14.7 Å². The Hall–Kier alpha value is -5.13. The maximum absolute atomic E-state index is 13.6. The zero-order valence-corrected chi connectivity index (χ0v) is 29.0. The van der Waals surface area contributed by atoms with E-state index in [0.29, 0.717) is 34.6 Å². The number of carbonyl (C=O) groups is 3. The third-order valence-corrected chi connectivity index (χ3v) is 9.38. The Kier molecular flexibility index (Phi) is 11.1. The summed E-state index contributed by atoms with van der Waals surface area (Å²) in [5, 5.41) is 7.98. The molecule has 1 aromatic heterocycles. The second-order valence-electron chi connectivity index (χ2n) is 10.9. The molecular formula is C37H34BrN5O4S. The Morgan fingerprint density at radius 1 is 0.875 bits per heavy atom. The summed E-state index contributed by atoms with van der Waals surface area (Å²) in [6.07, 6.45) is 2.10. The van der Waals surface area contributed by atoms with Crippen LogP contribution in [0.3, 0.4) is 0 Å². The van der Waals surface area contributed by atoms with Crippen LogP contribution in [0.5, 0.6) is 0 Å².